The Hall–Kier alpha value is -1.35. The molecule has 0 atom stereocenters. The molecule has 70 valence electrons. The quantitative estimate of drug-likeness (QED) is 0.695. The second kappa shape index (κ2) is 4.62. The van der Waals surface area contributed by atoms with Gasteiger partial charge >= 0.3 is 0 Å². The lowest BCUT2D eigenvalue weighted by molar-refractivity contribution is -0.131. The predicted molar refractivity (Wildman–Crippen MR) is 52.0 cm³/mol. The maximum atomic E-state index is 11.4. The van der Waals surface area contributed by atoms with Crippen molar-refractivity contribution in [3.63, 3.8) is 0 Å². The van der Waals surface area contributed by atoms with Gasteiger partial charge in [-0.25, -0.2) is 5.43 Å². The highest BCUT2D eigenvalue weighted by atomic mass is 16.2. The molecule has 1 amide bonds. The third kappa shape index (κ3) is 2.87. The van der Waals surface area contributed by atoms with Crippen LogP contribution in [0.5, 0.6) is 0 Å². The Balaban J connectivity index is 2.55. The standard InChI is InChI=1S/C10H14N2O/c1-11-12(2)10(13)8-9-6-4-3-5-7-9/h3-7,11H,8H2,1-2H3. The summed E-state index contributed by atoms with van der Waals surface area (Å²) in [7, 11) is 3.44. The number of hydrogen-bond acceptors (Lipinski definition) is 2. The molecule has 0 bridgehead atoms. The summed E-state index contributed by atoms with van der Waals surface area (Å²) < 4.78 is 0. The maximum absolute atomic E-state index is 11.4. The molecule has 0 aliphatic rings. The third-order valence-electron chi connectivity index (χ3n) is 1.91. The Bertz CT molecular complexity index is 272. The number of hydrazine groups is 1. The van der Waals surface area contributed by atoms with Gasteiger partial charge in [0.25, 0.3) is 0 Å². The Kier molecular flexibility index (Phi) is 3.46. The lowest BCUT2D eigenvalue weighted by atomic mass is 10.1. The fourth-order valence-electron chi connectivity index (χ4n) is 1.01. The zero-order chi connectivity index (χ0) is 9.68. The summed E-state index contributed by atoms with van der Waals surface area (Å²) in [6.45, 7) is 0. The van der Waals surface area contributed by atoms with Gasteiger partial charge in [0.1, 0.15) is 0 Å². The highest BCUT2D eigenvalue weighted by Gasteiger charge is 2.06. The molecule has 0 aliphatic heterocycles. The molecule has 3 heteroatoms. The van der Waals surface area contributed by atoms with Crippen LogP contribution in [0.4, 0.5) is 0 Å². The molecule has 0 aromatic heterocycles. The summed E-state index contributed by atoms with van der Waals surface area (Å²) in [5, 5.41) is 1.48. The van der Waals surface area contributed by atoms with E-state index in [1.165, 1.54) is 5.01 Å². The van der Waals surface area contributed by atoms with E-state index in [0.29, 0.717) is 6.42 Å². The first-order chi connectivity index (χ1) is 6.24. The zero-order valence-corrected chi connectivity index (χ0v) is 7.95. The van der Waals surface area contributed by atoms with E-state index >= 15 is 0 Å². The van der Waals surface area contributed by atoms with E-state index in [9.17, 15) is 4.79 Å². The molecule has 0 radical (unpaired) electrons. The summed E-state index contributed by atoms with van der Waals surface area (Å²) >= 11 is 0. The van der Waals surface area contributed by atoms with Crippen LogP contribution in [0, 0.1) is 0 Å². The van der Waals surface area contributed by atoms with E-state index in [2.05, 4.69) is 5.43 Å². The van der Waals surface area contributed by atoms with E-state index in [1.54, 1.807) is 14.1 Å². The predicted octanol–water partition coefficient (Wildman–Crippen LogP) is 0.822. The Morgan fingerprint density at radius 1 is 1.38 bits per heavy atom. The second-order valence-corrected chi connectivity index (χ2v) is 2.84. The lowest BCUT2D eigenvalue weighted by Gasteiger charge is -2.14. The minimum Gasteiger partial charge on any atom is -0.281 e. The van der Waals surface area contributed by atoms with Crippen LogP contribution in [0.1, 0.15) is 5.56 Å². The van der Waals surface area contributed by atoms with Gasteiger partial charge < -0.3 is 0 Å². The highest BCUT2D eigenvalue weighted by molar-refractivity contribution is 5.77. The van der Waals surface area contributed by atoms with Crippen LogP contribution in [-0.2, 0) is 11.2 Å². The molecular formula is C10H14N2O. The van der Waals surface area contributed by atoms with Gasteiger partial charge in [-0.2, -0.15) is 0 Å². The van der Waals surface area contributed by atoms with E-state index in [1.807, 2.05) is 30.3 Å². The number of benzene rings is 1. The van der Waals surface area contributed by atoms with Crippen molar-refractivity contribution >= 4 is 5.91 Å². The normalized spacial score (nSPS) is 9.69. The number of carbonyl (C=O) groups is 1. The van der Waals surface area contributed by atoms with Crippen LogP contribution in [0.3, 0.4) is 0 Å². The molecule has 3 nitrogen and oxygen atoms in total. The summed E-state index contributed by atoms with van der Waals surface area (Å²) in [6.07, 6.45) is 0.443. The molecule has 13 heavy (non-hydrogen) atoms. The monoisotopic (exact) mass is 178 g/mol. The number of nitrogens with one attached hydrogen (secondary N) is 1. The van der Waals surface area contributed by atoms with Crippen LogP contribution in [0.25, 0.3) is 0 Å². The van der Waals surface area contributed by atoms with Crippen molar-refractivity contribution < 1.29 is 4.79 Å². The first-order valence-electron chi connectivity index (χ1n) is 4.22. The van der Waals surface area contributed by atoms with Gasteiger partial charge in [0.15, 0.2) is 0 Å². The molecule has 1 rings (SSSR count). The minimum atomic E-state index is 0.0636. The molecule has 0 aliphatic carbocycles. The van der Waals surface area contributed by atoms with Gasteiger partial charge in [-0.1, -0.05) is 30.3 Å². The van der Waals surface area contributed by atoms with Crippen LogP contribution >= 0.6 is 0 Å². The fraction of sp³-hybridized carbons (Fsp3) is 0.300. The molecule has 0 saturated heterocycles. The van der Waals surface area contributed by atoms with Gasteiger partial charge in [0.2, 0.25) is 5.91 Å². The average Bonchev–Trinajstić information content (AvgIpc) is 2.18. The highest BCUT2D eigenvalue weighted by Crippen LogP contribution is 2.00. The molecule has 0 spiro atoms. The molecule has 1 aromatic rings. The maximum Gasteiger partial charge on any atom is 0.240 e. The molecule has 0 heterocycles. The number of carbonyl (C=O) groups excluding carboxylic acids is 1. The van der Waals surface area contributed by atoms with Gasteiger partial charge in [-0.05, 0) is 5.56 Å². The molecule has 0 saturated carbocycles. The number of hydrogen-bond donors (Lipinski definition) is 1. The van der Waals surface area contributed by atoms with Crippen molar-refractivity contribution in [2.45, 2.75) is 6.42 Å². The van der Waals surface area contributed by atoms with Crippen molar-refractivity contribution in [3.05, 3.63) is 35.9 Å². The van der Waals surface area contributed by atoms with Gasteiger partial charge in [-0.15, -0.1) is 0 Å². The molecule has 1 aromatic carbocycles. The topological polar surface area (TPSA) is 32.3 Å². The van der Waals surface area contributed by atoms with Crippen molar-refractivity contribution in [2.24, 2.45) is 0 Å². The lowest BCUT2D eigenvalue weighted by Crippen LogP contribution is -2.37. The van der Waals surface area contributed by atoms with Crippen LogP contribution in [0.2, 0.25) is 0 Å². The summed E-state index contributed by atoms with van der Waals surface area (Å²) in [5.41, 5.74) is 3.81. The van der Waals surface area contributed by atoms with E-state index < -0.39 is 0 Å². The Morgan fingerprint density at radius 2 is 2.00 bits per heavy atom. The first-order valence-corrected chi connectivity index (χ1v) is 4.22. The minimum absolute atomic E-state index is 0.0636. The average molecular weight is 178 g/mol. The van der Waals surface area contributed by atoms with E-state index in [4.69, 9.17) is 0 Å². The van der Waals surface area contributed by atoms with Crippen molar-refractivity contribution in [1.82, 2.24) is 10.4 Å². The fourth-order valence-corrected chi connectivity index (χ4v) is 1.01. The Morgan fingerprint density at radius 3 is 2.54 bits per heavy atom. The van der Waals surface area contributed by atoms with Crippen LogP contribution < -0.4 is 5.43 Å². The summed E-state index contributed by atoms with van der Waals surface area (Å²) in [6, 6.07) is 9.70. The molecule has 1 N–H and O–H groups in total. The molecular weight excluding hydrogens is 164 g/mol. The number of rotatable bonds is 3. The van der Waals surface area contributed by atoms with E-state index in [-0.39, 0.29) is 5.91 Å². The second-order valence-electron chi connectivity index (χ2n) is 2.84. The van der Waals surface area contributed by atoms with E-state index in [0.717, 1.165) is 5.56 Å². The number of nitrogens with zero attached hydrogens (tertiary/aromatic N) is 1. The van der Waals surface area contributed by atoms with Gasteiger partial charge in [0.05, 0.1) is 6.42 Å². The Labute approximate surface area is 78.3 Å². The van der Waals surface area contributed by atoms with Crippen molar-refractivity contribution in [2.75, 3.05) is 14.1 Å². The van der Waals surface area contributed by atoms with Crippen molar-refractivity contribution in [3.8, 4) is 0 Å². The first kappa shape index (κ1) is 9.74. The summed E-state index contributed by atoms with van der Waals surface area (Å²) in [4.78, 5) is 11.4. The number of amides is 1. The largest absolute Gasteiger partial charge is 0.281 e. The third-order valence-corrected chi connectivity index (χ3v) is 1.91. The van der Waals surface area contributed by atoms with Crippen LogP contribution in [-0.4, -0.2) is 25.0 Å². The van der Waals surface area contributed by atoms with Crippen LogP contribution in [0.15, 0.2) is 30.3 Å². The summed E-state index contributed by atoms with van der Waals surface area (Å²) in [5.74, 6) is 0.0636. The van der Waals surface area contributed by atoms with Gasteiger partial charge in [0, 0.05) is 14.1 Å². The van der Waals surface area contributed by atoms with Crippen molar-refractivity contribution in [1.29, 1.82) is 0 Å². The SMILES string of the molecule is CNN(C)C(=O)Cc1ccccc1. The van der Waals surface area contributed by atoms with Gasteiger partial charge in [-0.3, -0.25) is 9.80 Å². The number of likely N-dealkylation sites (N-methyl/N-ethyl adjacent to an activating group) is 1. The molecule has 0 unspecified atom stereocenters. The zero-order valence-electron chi connectivity index (χ0n) is 7.95. The smallest absolute Gasteiger partial charge is 0.240 e. The molecule has 0 fully saturated rings.